The van der Waals surface area contributed by atoms with E-state index in [4.69, 9.17) is 5.26 Å². The van der Waals surface area contributed by atoms with Gasteiger partial charge in [0.1, 0.15) is 11.9 Å². The van der Waals surface area contributed by atoms with Crippen molar-refractivity contribution in [1.82, 2.24) is 4.31 Å². The molecule has 1 saturated heterocycles. The van der Waals surface area contributed by atoms with Gasteiger partial charge in [-0.25, -0.2) is 12.8 Å². The first-order valence-electron chi connectivity index (χ1n) is 7.45. The summed E-state index contributed by atoms with van der Waals surface area (Å²) in [5.74, 6) is -0.741. The van der Waals surface area contributed by atoms with E-state index in [-0.39, 0.29) is 28.3 Å². The number of halogens is 1. The van der Waals surface area contributed by atoms with Crippen LogP contribution < -0.4 is 0 Å². The number of aliphatic hydroxyl groups excluding tert-OH is 1. The molecule has 126 valence electrons. The largest absolute Gasteiger partial charge is 0.391 e. The van der Waals surface area contributed by atoms with Crippen molar-refractivity contribution in [3.05, 3.63) is 29.6 Å². The van der Waals surface area contributed by atoms with Gasteiger partial charge in [-0.15, -0.1) is 0 Å². The first-order chi connectivity index (χ1) is 10.6. The summed E-state index contributed by atoms with van der Waals surface area (Å²) in [4.78, 5) is -0.128. The van der Waals surface area contributed by atoms with Gasteiger partial charge in [-0.2, -0.15) is 9.57 Å². The highest BCUT2D eigenvalue weighted by Gasteiger charge is 2.39. The SMILES string of the molecule is CC(C)(C)[C@@H]1CCN(S(=O)(=O)c2ccc(F)c(C#N)c2)C[C@H]1O. The second kappa shape index (κ2) is 6.19. The molecule has 0 aliphatic carbocycles. The molecule has 5 nitrogen and oxygen atoms in total. The van der Waals surface area contributed by atoms with Gasteiger partial charge in [0.25, 0.3) is 0 Å². The Morgan fingerprint density at radius 2 is 2.04 bits per heavy atom. The Labute approximate surface area is 136 Å². The van der Waals surface area contributed by atoms with Crippen molar-refractivity contribution in [3.8, 4) is 6.07 Å². The van der Waals surface area contributed by atoms with Crippen LogP contribution in [-0.4, -0.2) is 37.0 Å². The Morgan fingerprint density at radius 3 is 2.57 bits per heavy atom. The molecule has 1 aliphatic heterocycles. The minimum Gasteiger partial charge on any atom is -0.391 e. The van der Waals surface area contributed by atoms with Crippen LogP contribution in [0.2, 0.25) is 0 Å². The Kier molecular flexibility index (Phi) is 4.81. The van der Waals surface area contributed by atoms with Gasteiger partial charge < -0.3 is 5.11 Å². The van der Waals surface area contributed by atoms with Crippen molar-refractivity contribution >= 4 is 10.0 Å². The number of β-amino-alcohol motifs (C(OH)–C–C–N with tert-alkyl or cyclic N) is 1. The van der Waals surface area contributed by atoms with E-state index in [9.17, 15) is 17.9 Å². The number of piperidine rings is 1. The van der Waals surface area contributed by atoms with Gasteiger partial charge in [0.2, 0.25) is 10.0 Å². The standard InChI is InChI=1S/C16H21FN2O3S/c1-16(2,3)13-6-7-19(10-15(13)20)23(21,22)12-4-5-14(17)11(8-12)9-18/h4-5,8,13,15,20H,6-7,10H2,1-3H3/t13-,15-/m1/s1. The van der Waals surface area contributed by atoms with Crippen LogP contribution in [-0.2, 0) is 10.0 Å². The molecule has 1 aromatic carbocycles. The lowest BCUT2D eigenvalue weighted by molar-refractivity contribution is -0.00209. The van der Waals surface area contributed by atoms with E-state index < -0.39 is 21.9 Å². The minimum atomic E-state index is -3.86. The molecular weight excluding hydrogens is 319 g/mol. The van der Waals surface area contributed by atoms with E-state index in [1.807, 2.05) is 20.8 Å². The van der Waals surface area contributed by atoms with Gasteiger partial charge in [0.15, 0.2) is 0 Å². The normalized spacial score (nSPS) is 23.5. The Hall–Kier alpha value is -1.49. The van der Waals surface area contributed by atoms with Crippen molar-refractivity contribution in [2.75, 3.05) is 13.1 Å². The summed E-state index contributed by atoms with van der Waals surface area (Å²) in [6.45, 7) is 6.35. The van der Waals surface area contributed by atoms with Crippen LogP contribution in [0.3, 0.4) is 0 Å². The predicted molar refractivity (Wildman–Crippen MR) is 83.4 cm³/mol. The molecule has 0 saturated carbocycles. The first-order valence-corrected chi connectivity index (χ1v) is 8.89. The molecule has 0 spiro atoms. The molecule has 1 heterocycles. The summed E-state index contributed by atoms with van der Waals surface area (Å²) in [6, 6.07) is 4.80. The molecule has 7 heteroatoms. The third-order valence-corrected chi connectivity index (χ3v) is 6.21. The molecule has 0 bridgehead atoms. The van der Waals surface area contributed by atoms with Gasteiger partial charge >= 0.3 is 0 Å². The number of sulfonamides is 1. The molecule has 0 radical (unpaired) electrons. The zero-order valence-corrected chi connectivity index (χ0v) is 14.3. The van der Waals surface area contributed by atoms with E-state index in [0.29, 0.717) is 13.0 Å². The fourth-order valence-electron chi connectivity index (χ4n) is 3.03. The maximum absolute atomic E-state index is 13.4. The van der Waals surface area contributed by atoms with Gasteiger partial charge in [0.05, 0.1) is 16.6 Å². The zero-order valence-electron chi connectivity index (χ0n) is 13.5. The summed E-state index contributed by atoms with van der Waals surface area (Å²) >= 11 is 0. The highest BCUT2D eigenvalue weighted by molar-refractivity contribution is 7.89. The number of hydrogen-bond donors (Lipinski definition) is 1. The maximum atomic E-state index is 13.4. The van der Waals surface area contributed by atoms with Crippen LogP contribution in [0.4, 0.5) is 4.39 Å². The van der Waals surface area contributed by atoms with E-state index in [1.165, 1.54) is 4.31 Å². The second-order valence-electron chi connectivity index (χ2n) is 6.95. The van der Waals surface area contributed by atoms with Crippen LogP contribution in [0.15, 0.2) is 23.1 Å². The Bertz CT molecular complexity index is 735. The molecule has 23 heavy (non-hydrogen) atoms. The maximum Gasteiger partial charge on any atom is 0.243 e. The van der Waals surface area contributed by atoms with Crippen molar-refractivity contribution in [3.63, 3.8) is 0 Å². The monoisotopic (exact) mass is 340 g/mol. The first kappa shape index (κ1) is 17.9. The lowest BCUT2D eigenvalue weighted by Crippen LogP contribution is -2.49. The highest BCUT2D eigenvalue weighted by atomic mass is 32.2. The number of hydrogen-bond acceptors (Lipinski definition) is 4. The summed E-state index contributed by atoms with van der Waals surface area (Å²) in [5.41, 5.74) is -0.421. The second-order valence-corrected chi connectivity index (χ2v) is 8.88. The van der Waals surface area contributed by atoms with E-state index >= 15 is 0 Å². The number of nitriles is 1. The fourth-order valence-corrected chi connectivity index (χ4v) is 4.53. The minimum absolute atomic E-state index is 0.00351. The average molecular weight is 340 g/mol. The lowest BCUT2D eigenvalue weighted by atomic mass is 9.74. The third-order valence-electron chi connectivity index (χ3n) is 4.35. The number of aliphatic hydroxyl groups is 1. The number of nitrogens with zero attached hydrogens (tertiary/aromatic N) is 2. The quantitative estimate of drug-likeness (QED) is 0.894. The fraction of sp³-hybridized carbons (Fsp3) is 0.562. The molecule has 2 atom stereocenters. The summed E-state index contributed by atoms with van der Waals surface area (Å²) in [5, 5.41) is 19.2. The highest BCUT2D eigenvalue weighted by Crippen LogP contribution is 2.36. The van der Waals surface area contributed by atoms with E-state index in [0.717, 1.165) is 18.2 Å². The van der Waals surface area contributed by atoms with Crippen molar-refractivity contribution in [2.45, 2.75) is 38.2 Å². The van der Waals surface area contributed by atoms with Crippen LogP contribution in [0, 0.1) is 28.5 Å². The van der Waals surface area contributed by atoms with Gasteiger partial charge in [-0.05, 0) is 36.0 Å². The lowest BCUT2D eigenvalue weighted by Gasteiger charge is -2.41. The van der Waals surface area contributed by atoms with Crippen LogP contribution >= 0.6 is 0 Å². The summed E-state index contributed by atoms with van der Waals surface area (Å²) < 4.78 is 39.9. The topological polar surface area (TPSA) is 81.4 Å². The Morgan fingerprint density at radius 1 is 1.39 bits per heavy atom. The summed E-state index contributed by atoms with van der Waals surface area (Å²) in [6.07, 6.45) is -0.203. The summed E-state index contributed by atoms with van der Waals surface area (Å²) in [7, 11) is -3.86. The molecular formula is C16H21FN2O3S. The average Bonchev–Trinajstić information content (AvgIpc) is 2.46. The number of rotatable bonds is 2. The molecule has 1 N–H and O–H groups in total. The molecule has 1 fully saturated rings. The molecule has 2 rings (SSSR count). The van der Waals surface area contributed by atoms with Crippen molar-refractivity contribution in [2.24, 2.45) is 11.3 Å². The van der Waals surface area contributed by atoms with Gasteiger partial charge in [-0.1, -0.05) is 20.8 Å². The zero-order chi connectivity index (χ0) is 17.4. The molecule has 1 aromatic rings. The van der Waals surface area contributed by atoms with E-state index in [1.54, 1.807) is 6.07 Å². The number of benzene rings is 1. The van der Waals surface area contributed by atoms with E-state index in [2.05, 4.69) is 0 Å². The van der Waals surface area contributed by atoms with Crippen LogP contribution in [0.5, 0.6) is 0 Å². The van der Waals surface area contributed by atoms with Crippen LogP contribution in [0.25, 0.3) is 0 Å². The molecule has 0 amide bonds. The van der Waals surface area contributed by atoms with Gasteiger partial charge in [-0.3, -0.25) is 0 Å². The Balaban J connectivity index is 2.27. The molecule has 0 aromatic heterocycles. The van der Waals surface area contributed by atoms with Crippen LogP contribution in [0.1, 0.15) is 32.8 Å². The molecule has 0 unspecified atom stereocenters. The van der Waals surface area contributed by atoms with Crippen molar-refractivity contribution < 1.29 is 17.9 Å². The smallest absolute Gasteiger partial charge is 0.243 e. The molecule has 1 aliphatic rings. The predicted octanol–water partition coefficient (Wildman–Crippen LogP) is 2.11. The third kappa shape index (κ3) is 3.55. The van der Waals surface area contributed by atoms with Gasteiger partial charge in [0, 0.05) is 13.1 Å². The van der Waals surface area contributed by atoms with Crippen molar-refractivity contribution in [1.29, 1.82) is 5.26 Å².